The van der Waals surface area contributed by atoms with Crippen molar-refractivity contribution in [1.82, 2.24) is 4.90 Å². The van der Waals surface area contributed by atoms with Crippen molar-refractivity contribution in [1.29, 1.82) is 0 Å². The molecule has 4 nitrogen and oxygen atoms in total. The van der Waals surface area contributed by atoms with Gasteiger partial charge in [-0.1, -0.05) is 73.3 Å². The van der Waals surface area contributed by atoms with Gasteiger partial charge in [0.25, 0.3) is 5.91 Å². The number of carbonyl (C=O) groups is 2. The Hall–Kier alpha value is -1.88. The lowest BCUT2D eigenvalue weighted by molar-refractivity contribution is -0.132. The summed E-state index contributed by atoms with van der Waals surface area (Å²) in [6, 6.07) is 15.6. The molecule has 32 heavy (non-hydrogen) atoms. The highest BCUT2D eigenvalue weighted by Crippen LogP contribution is 2.45. The van der Waals surface area contributed by atoms with E-state index in [-0.39, 0.29) is 17.7 Å². The van der Waals surface area contributed by atoms with Gasteiger partial charge in [-0.25, -0.2) is 0 Å². The fourth-order valence-corrected chi connectivity index (χ4v) is 5.31. The molecule has 0 saturated heterocycles. The molecule has 2 aliphatic rings. The number of halogens is 3. The maximum Gasteiger partial charge on any atom is 0.275 e. The highest BCUT2D eigenvalue weighted by molar-refractivity contribution is 6.54. The van der Waals surface area contributed by atoms with E-state index in [0.717, 1.165) is 38.5 Å². The van der Waals surface area contributed by atoms with Crippen molar-refractivity contribution >= 4 is 52.2 Å². The van der Waals surface area contributed by atoms with Gasteiger partial charge < -0.3 is 4.90 Å². The number of benzene rings is 2. The van der Waals surface area contributed by atoms with Crippen LogP contribution in [0.3, 0.4) is 0 Å². The maximum atomic E-state index is 13.8. The maximum absolute atomic E-state index is 13.8. The predicted molar refractivity (Wildman–Crippen MR) is 132 cm³/mol. The van der Waals surface area contributed by atoms with Gasteiger partial charge in [-0.05, 0) is 67.5 Å². The number of hydrogen-bond donors (Lipinski definition) is 0. The summed E-state index contributed by atoms with van der Waals surface area (Å²) in [5, 5.41) is 1.04. The zero-order valence-electron chi connectivity index (χ0n) is 18.1. The molecule has 7 heteroatoms. The first-order valence-electron chi connectivity index (χ1n) is 10.9. The van der Waals surface area contributed by atoms with Crippen LogP contribution in [0.2, 0.25) is 10.0 Å². The van der Waals surface area contributed by atoms with E-state index in [1.165, 1.54) is 12.0 Å². The van der Waals surface area contributed by atoms with Crippen molar-refractivity contribution in [2.75, 3.05) is 0 Å². The lowest BCUT2D eigenvalue weighted by Gasteiger charge is -2.44. The van der Waals surface area contributed by atoms with Crippen molar-refractivity contribution in [3.05, 3.63) is 69.7 Å². The van der Waals surface area contributed by atoms with Crippen LogP contribution in [0.1, 0.15) is 69.0 Å². The molecular weight excluding hydrogens is 467 g/mol. The second-order valence-corrected chi connectivity index (χ2v) is 9.19. The third kappa shape index (κ3) is 5.36. The van der Waals surface area contributed by atoms with Gasteiger partial charge in [0.15, 0.2) is 0 Å². The minimum absolute atomic E-state index is 0.00691. The van der Waals surface area contributed by atoms with Crippen LogP contribution in [0.15, 0.2) is 53.5 Å². The van der Waals surface area contributed by atoms with Crippen LogP contribution in [-0.2, 0) is 9.59 Å². The van der Waals surface area contributed by atoms with Crippen molar-refractivity contribution in [3.8, 4) is 0 Å². The fraction of sp³-hybridized carbons (Fsp3) is 0.400. The van der Waals surface area contributed by atoms with Crippen molar-refractivity contribution in [3.63, 3.8) is 0 Å². The molecule has 0 N–H and O–H groups in total. The van der Waals surface area contributed by atoms with Crippen molar-refractivity contribution in [2.45, 2.75) is 63.6 Å². The normalized spacial score (nSPS) is 18.1. The zero-order valence-corrected chi connectivity index (χ0v) is 20.3. The first kappa shape index (κ1) is 24.8. The smallest absolute Gasteiger partial charge is 0.275 e. The van der Waals surface area contributed by atoms with Crippen LogP contribution >= 0.6 is 34.8 Å². The van der Waals surface area contributed by atoms with Gasteiger partial charge in [-0.15, -0.1) is 0 Å². The summed E-state index contributed by atoms with van der Waals surface area (Å²) >= 11 is 16.8. The van der Waals surface area contributed by atoms with Crippen LogP contribution in [0, 0.1) is 0 Å². The molecule has 1 aliphatic heterocycles. The highest BCUT2D eigenvalue weighted by Gasteiger charge is 2.50. The second kappa shape index (κ2) is 11.3. The van der Waals surface area contributed by atoms with Crippen molar-refractivity contribution < 1.29 is 9.59 Å². The predicted octanol–water partition coefficient (Wildman–Crippen LogP) is 7.24. The SMILES string of the molecule is CCCC(c1ccccc1)N1C(=O)C(c2cc(Cl)cc(Cl)c2)=NC12CCCCC2.O=CCl. The molecule has 1 fully saturated rings. The molecule has 0 aromatic heterocycles. The lowest BCUT2D eigenvalue weighted by Crippen LogP contribution is -2.50. The van der Waals surface area contributed by atoms with Gasteiger partial charge in [0.1, 0.15) is 11.4 Å². The Morgan fingerprint density at radius 2 is 1.66 bits per heavy atom. The van der Waals surface area contributed by atoms with Gasteiger partial charge in [0.2, 0.25) is 5.75 Å². The Kier molecular flexibility index (Phi) is 8.75. The molecule has 1 aliphatic carbocycles. The van der Waals surface area contributed by atoms with E-state index in [1.54, 1.807) is 18.2 Å². The summed E-state index contributed by atoms with van der Waals surface area (Å²) in [7, 11) is 0. The second-order valence-electron chi connectivity index (χ2n) is 8.14. The van der Waals surface area contributed by atoms with Gasteiger partial charge in [-0.2, -0.15) is 0 Å². The Morgan fingerprint density at radius 3 is 2.22 bits per heavy atom. The largest absolute Gasteiger partial charge is 0.305 e. The summed E-state index contributed by atoms with van der Waals surface area (Å²) in [5.41, 5.74) is 1.92. The molecule has 1 saturated carbocycles. The summed E-state index contributed by atoms with van der Waals surface area (Å²) < 4.78 is 0. The van der Waals surface area contributed by atoms with E-state index in [4.69, 9.17) is 33.0 Å². The first-order valence-corrected chi connectivity index (χ1v) is 12.1. The van der Waals surface area contributed by atoms with Gasteiger partial charge in [0, 0.05) is 15.6 Å². The summed E-state index contributed by atoms with van der Waals surface area (Å²) in [6.45, 7) is 2.17. The van der Waals surface area contributed by atoms with Crippen LogP contribution in [0.25, 0.3) is 0 Å². The van der Waals surface area contributed by atoms with Crippen LogP contribution in [0.4, 0.5) is 0 Å². The number of aliphatic imine (C=N–C) groups is 1. The molecule has 1 amide bonds. The Labute approximate surface area is 204 Å². The average molecular weight is 494 g/mol. The molecule has 1 spiro atoms. The third-order valence-electron chi connectivity index (χ3n) is 6.04. The number of carbonyl (C=O) groups excluding carboxylic acids is 2. The molecular formula is C25H27Cl3N2O2. The number of hydrogen-bond acceptors (Lipinski definition) is 3. The minimum Gasteiger partial charge on any atom is -0.305 e. The monoisotopic (exact) mass is 492 g/mol. The topological polar surface area (TPSA) is 49.7 Å². The molecule has 0 radical (unpaired) electrons. The van der Waals surface area contributed by atoms with E-state index >= 15 is 0 Å². The summed E-state index contributed by atoms with van der Waals surface area (Å²) in [6.07, 6.45) is 7.10. The molecule has 2 aromatic rings. The fourth-order valence-electron chi connectivity index (χ4n) is 4.79. The number of amides is 1. The van der Waals surface area contributed by atoms with Crippen LogP contribution < -0.4 is 0 Å². The molecule has 170 valence electrons. The van der Waals surface area contributed by atoms with Gasteiger partial charge in [-0.3, -0.25) is 14.6 Å². The molecule has 1 unspecified atom stereocenters. The quantitative estimate of drug-likeness (QED) is 0.325. The summed E-state index contributed by atoms with van der Waals surface area (Å²) in [5.74, 6) is 0.215. The first-order chi connectivity index (χ1) is 15.5. The Morgan fingerprint density at radius 1 is 1.06 bits per heavy atom. The van der Waals surface area contributed by atoms with E-state index in [9.17, 15) is 4.79 Å². The van der Waals surface area contributed by atoms with Crippen LogP contribution in [-0.4, -0.2) is 27.9 Å². The highest BCUT2D eigenvalue weighted by atomic mass is 35.5. The zero-order chi connectivity index (χ0) is 23.1. The molecule has 4 rings (SSSR count). The van der Waals surface area contributed by atoms with E-state index in [0.29, 0.717) is 21.3 Å². The van der Waals surface area contributed by atoms with Crippen LogP contribution in [0.5, 0.6) is 0 Å². The standard InChI is InChI=1S/C24H26Cl2N2O.CHClO/c1-2-9-21(17-10-5-3-6-11-17)28-23(29)22(18-14-19(25)16-20(26)15-18)27-24(28)12-7-4-8-13-24;2-1-3/h3,5-6,10-11,14-16,21H,2,4,7-9,12-13H2,1H3;1H. The Balaban J connectivity index is 0.000000913. The van der Waals surface area contributed by atoms with E-state index in [2.05, 4.69) is 35.6 Å². The summed E-state index contributed by atoms with van der Waals surface area (Å²) in [4.78, 5) is 29.5. The minimum atomic E-state index is -0.463. The van der Waals surface area contributed by atoms with Gasteiger partial charge >= 0.3 is 0 Å². The Bertz CT molecular complexity index is 952. The van der Waals surface area contributed by atoms with E-state index < -0.39 is 5.66 Å². The third-order valence-corrected chi connectivity index (χ3v) is 6.47. The average Bonchev–Trinajstić information content (AvgIpc) is 3.04. The van der Waals surface area contributed by atoms with E-state index in [1.807, 2.05) is 18.2 Å². The lowest BCUT2D eigenvalue weighted by atomic mass is 9.86. The van der Waals surface area contributed by atoms with Crippen molar-refractivity contribution in [2.24, 2.45) is 4.99 Å². The molecule has 2 aromatic carbocycles. The molecule has 1 heterocycles. The molecule has 0 bridgehead atoms. The number of nitrogens with zero attached hydrogens (tertiary/aromatic N) is 2. The molecule has 1 atom stereocenters. The van der Waals surface area contributed by atoms with Gasteiger partial charge in [0.05, 0.1) is 6.04 Å². The number of rotatable bonds is 5.